The first-order valence-electron chi connectivity index (χ1n) is 8.60. The van der Waals surface area contributed by atoms with Gasteiger partial charge in [0.15, 0.2) is 11.6 Å². The number of ether oxygens (including phenoxy) is 1. The molecule has 4 atom stereocenters. The highest BCUT2D eigenvalue weighted by molar-refractivity contribution is 7.99. The molecule has 5 rings (SSSR count). The van der Waals surface area contributed by atoms with Crippen molar-refractivity contribution >= 4 is 34.1 Å². The van der Waals surface area contributed by atoms with E-state index in [-0.39, 0.29) is 35.2 Å². The van der Waals surface area contributed by atoms with Crippen molar-refractivity contribution in [2.45, 2.75) is 11.3 Å². The zero-order chi connectivity index (χ0) is 17.3. The van der Waals surface area contributed by atoms with Crippen molar-refractivity contribution < 1.29 is 14.3 Å². The summed E-state index contributed by atoms with van der Waals surface area (Å²) in [6, 6.07) is 7.89. The van der Waals surface area contributed by atoms with E-state index < -0.39 is 0 Å². The van der Waals surface area contributed by atoms with Crippen LogP contribution in [0, 0.1) is 23.7 Å². The normalized spacial score (nSPS) is 29.2. The van der Waals surface area contributed by atoms with Crippen LogP contribution in [0.25, 0.3) is 10.8 Å². The Morgan fingerprint density at radius 3 is 2.16 bits per heavy atom. The van der Waals surface area contributed by atoms with Crippen molar-refractivity contribution in [1.29, 1.82) is 0 Å². The minimum absolute atomic E-state index is 0.0920. The Bertz CT molecular complexity index is 898. The number of rotatable bonds is 2. The Morgan fingerprint density at radius 1 is 0.960 bits per heavy atom. The van der Waals surface area contributed by atoms with Gasteiger partial charge in [-0.3, -0.25) is 9.59 Å². The van der Waals surface area contributed by atoms with E-state index in [2.05, 4.69) is 12.2 Å². The molecule has 25 heavy (non-hydrogen) atoms. The summed E-state index contributed by atoms with van der Waals surface area (Å²) in [7, 11) is 1.59. The number of methoxy groups -OCH3 is 1. The van der Waals surface area contributed by atoms with Crippen molar-refractivity contribution in [2.24, 2.45) is 23.7 Å². The van der Waals surface area contributed by atoms with Crippen LogP contribution < -0.4 is 4.74 Å². The first kappa shape index (κ1) is 15.2. The quantitative estimate of drug-likeness (QED) is 0.595. The standard InChI is InChI=1S/C21H18O3S/c1-24-20-12-5-3-4-6-13(12)21(25-2)17-16(20)18(22)14-10-7-8-11(9-10)15(14)19(17)23/h3-8,10-11,14-15H,9H2,1-2H3/t10-,11+,14?,15?/m0/s1. The first-order chi connectivity index (χ1) is 12.2. The van der Waals surface area contributed by atoms with Crippen LogP contribution in [0.2, 0.25) is 0 Å². The van der Waals surface area contributed by atoms with E-state index in [0.717, 1.165) is 22.1 Å². The summed E-state index contributed by atoms with van der Waals surface area (Å²) in [5.41, 5.74) is 1.10. The maximum absolute atomic E-state index is 13.5. The monoisotopic (exact) mass is 350 g/mol. The van der Waals surface area contributed by atoms with Gasteiger partial charge in [-0.05, 0) is 29.9 Å². The Labute approximate surface area is 150 Å². The molecule has 2 aromatic rings. The SMILES string of the molecule is COc1c2c(c(SC)c3ccccc13)C(=O)C1C(C2=O)[C@H]2C=C[C@@H]1C2. The minimum atomic E-state index is -0.209. The van der Waals surface area contributed by atoms with Gasteiger partial charge in [-0.15, -0.1) is 11.8 Å². The molecule has 2 aromatic carbocycles. The second kappa shape index (κ2) is 5.21. The number of hydrogen-bond acceptors (Lipinski definition) is 4. The molecule has 0 heterocycles. The molecule has 4 heteroatoms. The van der Waals surface area contributed by atoms with Gasteiger partial charge in [0.05, 0.1) is 12.7 Å². The fourth-order valence-electron chi connectivity index (χ4n) is 5.14. The van der Waals surface area contributed by atoms with E-state index in [0.29, 0.717) is 16.9 Å². The number of fused-ring (bicyclic) bond motifs is 7. The maximum atomic E-state index is 13.5. The van der Waals surface area contributed by atoms with E-state index >= 15 is 0 Å². The highest BCUT2D eigenvalue weighted by atomic mass is 32.2. The summed E-state index contributed by atoms with van der Waals surface area (Å²) in [6.45, 7) is 0. The molecule has 3 aliphatic carbocycles. The van der Waals surface area contributed by atoms with Gasteiger partial charge in [-0.2, -0.15) is 0 Å². The number of hydrogen-bond donors (Lipinski definition) is 0. The molecule has 3 nitrogen and oxygen atoms in total. The molecule has 0 amide bonds. The predicted molar refractivity (Wildman–Crippen MR) is 98.7 cm³/mol. The van der Waals surface area contributed by atoms with Crippen LogP contribution in [0.1, 0.15) is 27.1 Å². The minimum Gasteiger partial charge on any atom is -0.495 e. The number of allylic oxidation sites excluding steroid dienone is 2. The molecule has 0 saturated heterocycles. The number of carbonyl (C=O) groups excluding carboxylic acids is 2. The zero-order valence-corrected chi connectivity index (χ0v) is 14.9. The molecular formula is C21H18O3S. The van der Waals surface area contributed by atoms with Crippen molar-refractivity contribution in [1.82, 2.24) is 0 Å². The van der Waals surface area contributed by atoms with Crippen molar-refractivity contribution in [3.05, 3.63) is 47.5 Å². The van der Waals surface area contributed by atoms with E-state index in [1.54, 1.807) is 18.9 Å². The summed E-state index contributed by atoms with van der Waals surface area (Å²) in [5, 5.41) is 1.90. The third-order valence-electron chi connectivity index (χ3n) is 6.09. The van der Waals surface area contributed by atoms with Gasteiger partial charge in [-0.1, -0.05) is 36.4 Å². The van der Waals surface area contributed by atoms with Crippen LogP contribution in [-0.4, -0.2) is 24.9 Å². The van der Waals surface area contributed by atoms with Gasteiger partial charge < -0.3 is 4.74 Å². The molecule has 0 spiro atoms. The van der Waals surface area contributed by atoms with Crippen LogP contribution in [0.5, 0.6) is 5.75 Å². The third kappa shape index (κ3) is 1.78. The van der Waals surface area contributed by atoms with Crippen LogP contribution in [0.3, 0.4) is 0 Å². The highest BCUT2D eigenvalue weighted by Crippen LogP contribution is 2.56. The van der Waals surface area contributed by atoms with Crippen LogP contribution >= 0.6 is 11.8 Å². The smallest absolute Gasteiger partial charge is 0.171 e. The van der Waals surface area contributed by atoms with Crippen molar-refractivity contribution in [2.75, 3.05) is 13.4 Å². The Hall–Kier alpha value is -2.07. The molecule has 0 aliphatic heterocycles. The second-order valence-corrected chi connectivity index (χ2v) is 7.91. The molecule has 2 bridgehead atoms. The molecule has 0 aromatic heterocycles. The average molecular weight is 350 g/mol. The maximum Gasteiger partial charge on any atom is 0.171 e. The topological polar surface area (TPSA) is 43.4 Å². The largest absolute Gasteiger partial charge is 0.495 e. The Morgan fingerprint density at radius 2 is 1.56 bits per heavy atom. The van der Waals surface area contributed by atoms with Crippen molar-refractivity contribution in [3.8, 4) is 5.75 Å². The summed E-state index contributed by atoms with van der Waals surface area (Å²) in [4.78, 5) is 27.8. The summed E-state index contributed by atoms with van der Waals surface area (Å²) in [6.07, 6.45) is 7.17. The van der Waals surface area contributed by atoms with E-state index in [4.69, 9.17) is 4.74 Å². The van der Waals surface area contributed by atoms with Crippen LogP contribution in [0.15, 0.2) is 41.3 Å². The second-order valence-electron chi connectivity index (χ2n) is 7.09. The lowest BCUT2D eigenvalue weighted by Crippen LogP contribution is -2.39. The third-order valence-corrected chi connectivity index (χ3v) is 6.92. The number of carbonyl (C=O) groups is 2. The molecule has 126 valence electrons. The fourth-order valence-corrected chi connectivity index (χ4v) is 5.94. The van der Waals surface area contributed by atoms with Crippen molar-refractivity contribution in [3.63, 3.8) is 0 Å². The zero-order valence-electron chi connectivity index (χ0n) is 14.1. The lowest BCUT2D eigenvalue weighted by Gasteiger charge is -2.33. The number of thioether (sulfide) groups is 1. The average Bonchev–Trinajstić information content (AvgIpc) is 3.25. The Kier molecular flexibility index (Phi) is 3.17. The predicted octanol–water partition coefficient (Wildman–Crippen LogP) is 4.39. The van der Waals surface area contributed by atoms with Gasteiger partial charge in [0, 0.05) is 27.7 Å². The summed E-state index contributed by atoms with van der Waals surface area (Å²) >= 11 is 1.55. The van der Waals surface area contributed by atoms with E-state index in [9.17, 15) is 9.59 Å². The fraction of sp³-hybridized carbons (Fsp3) is 0.333. The lowest BCUT2D eigenvalue weighted by atomic mass is 9.68. The summed E-state index contributed by atoms with van der Waals surface area (Å²) in [5.74, 6) is 0.804. The molecule has 2 unspecified atom stereocenters. The molecule has 1 fully saturated rings. The Balaban J connectivity index is 1.89. The van der Waals surface area contributed by atoms with E-state index in [1.165, 1.54) is 0 Å². The first-order valence-corrected chi connectivity index (χ1v) is 9.83. The van der Waals surface area contributed by atoms with Gasteiger partial charge in [0.25, 0.3) is 0 Å². The lowest BCUT2D eigenvalue weighted by molar-refractivity contribution is 0.0715. The van der Waals surface area contributed by atoms with Gasteiger partial charge in [0.1, 0.15) is 5.75 Å². The number of benzene rings is 2. The van der Waals surface area contributed by atoms with Gasteiger partial charge >= 0.3 is 0 Å². The highest BCUT2D eigenvalue weighted by Gasteiger charge is 2.56. The molecule has 1 saturated carbocycles. The van der Waals surface area contributed by atoms with Gasteiger partial charge in [-0.25, -0.2) is 0 Å². The van der Waals surface area contributed by atoms with Crippen LogP contribution in [0.4, 0.5) is 0 Å². The number of ketones is 2. The van der Waals surface area contributed by atoms with Crippen LogP contribution in [-0.2, 0) is 0 Å². The molecule has 0 radical (unpaired) electrons. The summed E-state index contributed by atoms with van der Waals surface area (Å²) < 4.78 is 5.67. The number of Topliss-reactive ketones (excluding diaryl/α,β-unsaturated/α-hetero) is 2. The molecular weight excluding hydrogens is 332 g/mol. The molecule has 0 N–H and O–H groups in total. The van der Waals surface area contributed by atoms with Gasteiger partial charge in [0.2, 0.25) is 0 Å². The van der Waals surface area contributed by atoms with E-state index in [1.807, 2.05) is 30.5 Å². The molecule has 3 aliphatic rings.